The van der Waals surface area contributed by atoms with Gasteiger partial charge in [-0.15, -0.1) is 0 Å². The normalized spacial score (nSPS) is 13.0. The van der Waals surface area contributed by atoms with Crippen LogP contribution in [0.1, 0.15) is 12.5 Å². The summed E-state index contributed by atoms with van der Waals surface area (Å²) in [6.45, 7) is 4.32. The van der Waals surface area contributed by atoms with E-state index in [0.717, 1.165) is 25.2 Å². The summed E-state index contributed by atoms with van der Waals surface area (Å²) in [6.07, 6.45) is 1.05. The molecule has 3 N–H and O–H groups in total. The minimum atomic E-state index is 0.503. The standard InChI is InChI=1S/C13H23N3/c1-11(15-8-9-16(2)3)10-12-4-6-13(14)7-5-12/h4-7,11,15H,8-10,14H2,1-3H3. The zero-order chi connectivity index (χ0) is 12.0. The smallest absolute Gasteiger partial charge is 0.0314 e. The zero-order valence-electron chi connectivity index (χ0n) is 10.5. The van der Waals surface area contributed by atoms with E-state index in [4.69, 9.17) is 5.73 Å². The molecular weight excluding hydrogens is 198 g/mol. The highest BCUT2D eigenvalue weighted by molar-refractivity contribution is 5.39. The Labute approximate surface area is 98.6 Å². The molecule has 0 radical (unpaired) electrons. The first-order valence-electron chi connectivity index (χ1n) is 5.80. The van der Waals surface area contributed by atoms with Crippen LogP contribution in [0.5, 0.6) is 0 Å². The van der Waals surface area contributed by atoms with E-state index in [1.165, 1.54) is 5.56 Å². The van der Waals surface area contributed by atoms with Crippen molar-refractivity contribution in [2.24, 2.45) is 0 Å². The summed E-state index contributed by atoms with van der Waals surface area (Å²) in [5, 5.41) is 3.50. The molecule has 0 saturated carbocycles. The highest BCUT2D eigenvalue weighted by Crippen LogP contribution is 2.07. The van der Waals surface area contributed by atoms with E-state index in [0.29, 0.717) is 6.04 Å². The fourth-order valence-electron chi connectivity index (χ4n) is 1.61. The van der Waals surface area contributed by atoms with Gasteiger partial charge in [0.1, 0.15) is 0 Å². The lowest BCUT2D eigenvalue weighted by Gasteiger charge is -2.16. The van der Waals surface area contributed by atoms with Crippen molar-refractivity contribution < 1.29 is 0 Å². The van der Waals surface area contributed by atoms with Crippen molar-refractivity contribution in [3.05, 3.63) is 29.8 Å². The molecule has 0 aliphatic rings. The Balaban J connectivity index is 2.28. The molecule has 0 saturated heterocycles. The monoisotopic (exact) mass is 221 g/mol. The number of nitrogens with two attached hydrogens (primary N) is 1. The Hall–Kier alpha value is -1.06. The first kappa shape index (κ1) is 13.0. The maximum absolute atomic E-state index is 5.65. The van der Waals surface area contributed by atoms with Gasteiger partial charge in [0, 0.05) is 24.8 Å². The van der Waals surface area contributed by atoms with E-state index in [2.05, 4.69) is 43.4 Å². The molecule has 3 nitrogen and oxygen atoms in total. The summed E-state index contributed by atoms with van der Waals surface area (Å²) in [6, 6.07) is 8.62. The van der Waals surface area contributed by atoms with Gasteiger partial charge in [-0.25, -0.2) is 0 Å². The van der Waals surface area contributed by atoms with Crippen molar-refractivity contribution >= 4 is 5.69 Å². The highest BCUT2D eigenvalue weighted by Gasteiger charge is 2.02. The Morgan fingerprint density at radius 1 is 1.25 bits per heavy atom. The molecular formula is C13H23N3. The Bertz CT molecular complexity index is 293. The molecule has 16 heavy (non-hydrogen) atoms. The van der Waals surface area contributed by atoms with Crippen molar-refractivity contribution in [3.8, 4) is 0 Å². The van der Waals surface area contributed by atoms with Gasteiger partial charge in [-0.1, -0.05) is 12.1 Å². The number of rotatable bonds is 6. The molecule has 90 valence electrons. The third kappa shape index (κ3) is 5.14. The molecule has 0 aliphatic carbocycles. The molecule has 1 atom stereocenters. The van der Waals surface area contributed by atoms with Crippen LogP contribution in [-0.4, -0.2) is 38.1 Å². The van der Waals surface area contributed by atoms with Gasteiger partial charge < -0.3 is 16.0 Å². The molecule has 1 aromatic carbocycles. The Morgan fingerprint density at radius 3 is 2.44 bits per heavy atom. The molecule has 1 unspecified atom stereocenters. The predicted octanol–water partition coefficient (Wildman–Crippen LogP) is 1.35. The minimum absolute atomic E-state index is 0.503. The maximum atomic E-state index is 5.65. The van der Waals surface area contributed by atoms with E-state index in [-0.39, 0.29) is 0 Å². The van der Waals surface area contributed by atoms with Crippen molar-refractivity contribution in [1.29, 1.82) is 0 Å². The van der Waals surface area contributed by atoms with E-state index in [1.54, 1.807) is 0 Å². The van der Waals surface area contributed by atoms with Gasteiger partial charge in [-0.05, 0) is 45.1 Å². The number of hydrogen-bond acceptors (Lipinski definition) is 3. The average molecular weight is 221 g/mol. The van der Waals surface area contributed by atoms with Gasteiger partial charge in [0.2, 0.25) is 0 Å². The lowest BCUT2D eigenvalue weighted by molar-refractivity contribution is 0.387. The summed E-state index contributed by atoms with van der Waals surface area (Å²) in [4.78, 5) is 2.18. The summed E-state index contributed by atoms with van der Waals surface area (Å²) >= 11 is 0. The summed E-state index contributed by atoms with van der Waals surface area (Å²) < 4.78 is 0. The van der Waals surface area contributed by atoms with E-state index in [1.807, 2.05) is 12.1 Å². The first-order chi connectivity index (χ1) is 7.58. The summed E-state index contributed by atoms with van der Waals surface area (Å²) in [5.41, 5.74) is 7.81. The number of nitrogen functional groups attached to an aromatic ring is 1. The van der Waals surface area contributed by atoms with Crippen LogP contribution in [0.3, 0.4) is 0 Å². The molecule has 0 amide bonds. The van der Waals surface area contributed by atoms with Crippen LogP contribution in [0.4, 0.5) is 5.69 Å². The van der Waals surface area contributed by atoms with Crippen LogP contribution < -0.4 is 11.1 Å². The van der Waals surface area contributed by atoms with Crippen molar-refractivity contribution in [2.45, 2.75) is 19.4 Å². The van der Waals surface area contributed by atoms with Gasteiger partial charge in [0.25, 0.3) is 0 Å². The second-order valence-electron chi connectivity index (χ2n) is 4.60. The largest absolute Gasteiger partial charge is 0.399 e. The Morgan fingerprint density at radius 2 is 1.88 bits per heavy atom. The first-order valence-corrected chi connectivity index (χ1v) is 5.80. The minimum Gasteiger partial charge on any atom is -0.399 e. The zero-order valence-corrected chi connectivity index (χ0v) is 10.5. The van der Waals surface area contributed by atoms with E-state index < -0.39 is 0 Å². The second kappa shape index (κ2) is 6.51. The number of hydrogen-bond donors (Lipinski definition) is 2. The van der Waals surface area contributed by atoms with Crippen LogP contribution in [0, 0.1) is 0 Å². The van der Waals surface area contributed by atoms with Crippen LogP contribution in [0.25, 0.3) is 0 Å². The maximum Gasteiger partial charge on any atom is 0.0314 e. The summed E-state index contributed by atoms with van der Waals surface area (Å²) in [5.74, 6) is 0. The number of benzene rings is 1. The van der Waals surface area contributed by atoms with Gasteiger partial charge in [0.15, 0.2) is 0 Å². The van der Waals surface area contributed by atoms with Gasteiger partial charge in [-0.3, -0.25) is 0 Å². The lowest BCUT2D eigenvalue weighted by Crippen LogP contribution is -2.34. The molecule has 1 aromatic rings. The van der Waals surface area contributed by atoms with Crippen molar-refractivity contribution in [1.82, 2.24) is 10.2 Å². The van der Waals surface area contributed by atoms with E-state index in [9.17, 15) is 0 Å². The van der Waals surface area contributed by atoms with Crippen LogP contribution in [0.2, 0.25) is 0 Å². The molecule has 0 fully saturated rings. The number of anilines is 1. The Kier molecular flexibility index (Phi) is 5.29. The fraction of sp³-hybridized carbons (Fsp3) is 0.538. The molecule has 0 heterocycles. The molecule has 0 aromatic heterocycles. The van der Waals surface area contributed by atoms with E-state index >= 15 is 0 Å². The van der Waals surface area contributed by atoms with Crippen molar-refractivity contribution in [2.75, 3.05) is 32.9 Å². The topological polar surface area (TPSA) is 41.3 Å². The second-order valence-corrected chi connectivity index (χ2v) is 4.60. The third-order valence-electron chi connectivity index (χ3n) is 2.57. The molecule has 0 aliphatic heterocycles. The quantitative estimate of drug-likeness (QED) is 0.713. The average Bonchev–Trinajstić information content (AvgIpc) is 2.21. The molecule has 0 spiro atoms. The van der Waals surface area contributed by atoms with Gasteiger partial charge in [0.05, 0.1) is 0 Å². The molecule has 3 heteroatoms. The SMILES string of the molecule is CC(Cc1ccc(N)cc1)NCCN(C)C. The van der Waals surface area contributed by atoms with Crippen molar-refractivity contribution in [3.63, 3.8) is 0 Å². The van der Waals surface area contributed by atoms with Crippen LogP contribution in [0.15, 0.2) is 24.3 Å². The molecule has 1 rings (SSSR count). The van der Waals surface area contributed by atoms with Crippen LogP contribution in [-0.2, 0) is 6.42 Å². The number of nitrogens with zero attached hydrogens (tertiary/aromatic N) is 1. The number of nitrogens with one attached hydrogen (secondary N) is 1. The highest BCUT2D eigenvalue weighted by atomic mass is 15.1. The van der Waals surface area contributed by atoms with Gasteiger partial charge in [-0.2, -0.15) is 0 Å². The van der Waals surface area contributed by atoms with Crippen LogP contribution >= 0.6 is 0 Å². The summed E-state index contributed by atoms with van der Waals surface area (Å²) in [7, 11) is 4.18. The third-order valence-corrected chi connectivity index (χ3v) is 2.57. The molecule has 0 bridgehead atoms. The number of likely N-dealkylation sites (N-methyl/N-ethyl adjacent to an activating group) is 1. The fourth-order valence-corrected chi connectivity index (χ4v) is 1.61. The van der Waals surface area contributed by atoms with Gasteiger partial charge >= 0.3 is 0 Å². The predicted molar refractivity (Wildman–Crippen MR) is 70.6 cm³/mol. The lowest BCUT2D eigenvalue weighted by atomic mass is 10.1.